The standard InChI is InChI=1S/C17H28N2O2S/c1-16(2,3)12-17(4,5)19-14(20)7-6-9-18-15(21)13-8-10-22-11-13/h8,10-11H,6-7,9,12H2,1-5H3,(H,18,21)(H,19,20). The third-order valence-corrected chi connectivity index (χ3v) is 3.78. The molecular weight excluding hydrogens is 296 g/mol. The van der Waals surface area contributed by atoms with Crippen molar-refractivity contribution in [2.75, 3.05) is 6.54 Å². The molecule has 0 aliphatic heterocycles. The lowest BCUT2D eigenvalue weighted by Crippen LogP contribution is -2.45. The Bertz CT molecular complexity index is 487. The number of carbonyl (C=O) groups excluding carboxylic acids is 2. The van der Waals surface area contributed by atoms with Crippen molar-refractivity contribution in [1.29, 1.82) is 0 Å². The summed E-state index contributed by atoms with van der Waals surface area (Å²) in [4.78, 5) is 23.7. The maximum Gasteiger partial charge on any atom is 0.252 e. The highest BCUT2D eigenvalue weighted by atomic mass is 32.1. The van der Waals surface area contributed by atoms with E-state index in [0.717, 1.165) is 6.42 Å². The van der Waals surface area contributed by atoms with Crippen LogP contribution in [0.3, 0.4) is 0 Å². The van der Waals surface area contributed by atoms with Gasteiger partial charge in [0.15, 0.2) is 0 Å². The first-order valence-corrected chi connectivity index (χ1v) is 8.65. The number of hydrogen-bond acceptors (Lipinski definition) is 3. The molecule has 0 radical (unpaired) electrons. The molecule has 5 heteroatoms. The number of amides is 2. The number of nitrogens with one attached hydrogen (secondary N) is 2. The monoisotopic (exact) mass is 324 g/mol. The highest BCUT2D eigenvalue weighted by molar-refractivity contribution is 7.08. The van der Waals surface area contributed by atoms with E-state index >= 15 is 0 Å². The Balaban J connectivity index is 2.24. The normalized spacial score (nSPS) is 12.0. The lowest BCUT2D eigenvalue weighted by Gasteiger charge is -2.33. The van der Waals surface area contributed by atoms with Gasteiger partial charge in [0.05, 0.1) is 0 Å². The van der Waals surface area contributed by atoms with Crippen molar-refractivity contribution in [3.8, 4) is 0 Å². The van der Waals surface area contributed by atoms with E-state index < -0.39 is 0 Å². The molecule has 0 atom stereocenters. The molecule has 22 heavy (non-hydrogen) atoms. The van der Waals surface area contributed by atoms with Gasteiger partial charge in [0.2, 0.25) is 5.91 Å². The van der Waals surface area contributed by atoms with Gasteiger partial charge in [0.1, 0.15) is 0 Å². The van der Waals surface area contributed by atoms with E-state index in [9.17, 15) is 9.59 Å². The molecule has 0 bridgehead atoms. The van der Waals surface area contributed by atoms with Crippen LogP contribution in [-0.4, -0.2) is 23.9 Å². The molecule has 0 fully saturated rings. The Morgan fingerprint density at radius 2 is 1.86 bits per heavy atom. The fraction of sp³-hybridized carbons (Fsp3) is 0.647. The largest absolute Gasteiger partial charge is 0.352 e. The first kappa shape index (κ1) is 18.7. The van der Waals surface area contributed by atoms with Gasteiger partial charge in [-0.05, 0) is 43.6 Å². The summed E-state index contributed by atoms with van der Waals surface area (Å²) in [6.45, 7) is 11.1. The minimum Gasteiger partial charge on any atom is -0.352 e. The molecule has 124 valence electrons. The SMILES string of the molecule is CC(C)(C)CC(C)(C)NC(=O)CCCNC(=O)c1ccsc1. The zero-order valence-corrected chi connectivity index (χ0v) is 15.1. The van der Waals surface area contributed by atoms with Crippen LogP contribution in [0.15, 0.2) is 16.8 Å². The summed E-state index contributed by atoms with van der Waals surface area (Å²) in [5.41, 5.74) is 0.640. The van der Waals surface area contributed by atoms with E-state index in [1.807, 2.05) is 10.8 Å². The molecule has 0 spiro atoms. The molecule has 0 saturated heterocycles. The van der Waals surface area contributed by atoms with Crippen molar-refractivity contribution in [3.63, 3.8) is 0 Å². The van der Waals surface area contributed by atoms with Crippen molar-refractivity contribution in [2.45, 2.75) is 59.4 Å². The van der Waals surface area contributed by atoms with Crippen LogP contribution in [0.25, 0.3) is 0 Å². The third-order valence-electron chi connectivity index (χ3n) is 3.10. The van der Waals surface area contributed by atoms with Crippen molar-refractivity contribution < 1.29 is 9.59 Å². The second-order valence-corrected chi connectivity index (χ2v) is 8.32. The summed E-state index contributed by atoms with van der Waals surface area (Å²) >= 11 is 1.50. The van der Waals surface area contributed by atoms with Crippen LogP contribution in [0.2, 0.25) is 0 Å². The first-order valence-electron chi connectivity index (χ1n) is 7.70. The lowest BCUT2D eigenvalue weighted by molar-refractivity contribution is -0.123. The average Bonchev–Trinajstić information content (AvgIpc) is 2.84. The van der Waals surface area contributed by atoms with Gasteiger partial charge < -0.3 is 10.6 Å². The summed E-state index contributed by atoms with van der Waals surface area (Å²) in [6, 6.07) is 1.79. The molecule has 0 aliphatic carbocycles. The fourth-order valence-corrected chi connectivity index (χ4v) is 3.39. The van der Waals surface area contributed by atoms with Crippen molar-refractivity contribution in [3.05, 3.63) is 22.4 Å². The summed E-state index contributed by atoms with van der Waals surface area (Å²) in [5, 5.41) is 9.60. The second-order valence-electron chi connectivity index (χ2n) is 7.54. The Kier molecular flexibility index (Phi) is 6.60. The maximum atomic E-state index is 12.0. The topological polar surface area (TPSA) is 58.2 Å². The summed E-state index contributed by atoms with van der Waals surface area (Å²) in [6.07, 6.45) is 1.99. The van der Waals surface area contributed by atoms with Gasteiger partial charge in [-0.1, -0.05) is 20.8 Å². The molecule has 1 rings (SSSR count). The predicted octanol–water partition coefficient (Wildman–Crippen LogP) is 3.59. The first-order chi connectivity index (χ1) is 10.1. The van der Waals surface area contributed by atoms with Gasteiger partial charge in [0, 0.05) is 29.4 Å². The number of rotatable bonds is 7. The molecule has 4 nitrogen and oxygen atoms in total. The molecule has 2 amide bonds. The average molecular weight is 324 g/mol. The summed E-state index contributed by atoms with van der Waals surface area (Å²) in [5.74, 6) is -0.0336. The Morgan fingerprint density at radius 3 is 2.41 bits per heavy atom. The van der Waals surface area contributed by atoms with Gasteiger partial charge >= 0.3 is 0 Å². The zero-order valence-electron chi connectivity index (χ0n) is 14.3. The van der Waals surface area contributed by atoms with Crippen LogP contribution in [0.4, 0.5) is 0 Å². The van der Waals surface area contributed by atoms with Gasteiger partial charge in [0.25, 0.3) is 5.91 Å². The van der Waals surface area contributed by atoms with Gasteiger partial charge in [-0.2, -0.15) is 11.3 Å². The summed E-state index contributed by atoms with van der Waals surface area (Å²) in [7, 11) is 0. The van der Waals surface area contributed by atoms with E-state index in [-0.39, 0.29) is 22.8 Å². The second kappa shape index (κ2) is 7.77. The highest BCUT2D eigenvalue weighted by Crippen LogP contribution is 2.26. The summed E-state index contributed by atoms with van der Waals surface area (Å²) < 4.78 is 0. The van der Waals surface area contributed by atoms with Gasteiger partial charge in [-0.25, -0.2) is 0 Å². The predicted molar refractivity (Wildman–Crippen MR) is 92.2 cm³/mol. The molecule has 1 aromatic rings. The van der Waals surface area contributed by atoms with E-state index in [2.05, 4.69) is 45.3 Å². The number of hydrogen-bond donors (Lipinski definition) is 2. The molecule has 0 aromatic carbocycles. The smallest absolute Gasteiger partial charge is 0.252 e. The van der Waals surface area contributed by atoms with Crippen LogP contribution in [-0.2, 0) is 4.79 Å². The quantitative estimate of drug-likeness (QED) is 0.753. The van der Waals surface area contributed by atoms with E-state index in [4.69, 9.17) is 0 Å². The third kappa shape index (κ3) is 7.59. The van der Waals surface area contributed by atoms with Crippen molar-refractivity contribution >= 4 is 23.2 Å². The van der Waals surface area contributed by atoms with Gasteiger partial charge in [-0.15, -0.1) is 0 Å². The maximum absolute atomic E-state index is 12.0. The van der Waals surface area contributed by atoms with Crippen molar-refractivity contribution in [2.24, 2.45) is 5.41 Å². The van der Waals surface area contributed by atoms with E-state index in [1.165, 1.54) is 11.3 Å². The number of thiophene rings is 1. The van der Waals surface area contributed by atoms with Crippen LogP contribution < -0.4 is 10.6 Å². The number of carbonyl (C=O) groups is 2. The zero-order chi connectivity index (χ0) is 16.8. The van der Waals surface area contributed by atoms with Crippen LogP contribution in [0.5, 0.6) is 0 Å². The minimum atomic E-state index is -0.213. The highest BCUT2D eigenvalue weighted by Gasteiger charge is 2.26. The minimum absolute atomic E-state index is 0.0408. The van der Waals surface area contributed by atoms with E-state index in [0.29, 0.717) is 24.9 Å². The Hall–Kier alpha value is -1.36. The van der Waals surface area contributed by atoms with E-state index in [1.54, 1.807) is 6.07 Å². The molecule has 1 aromatic heterocycles. The van der Waals surface area contributed by atoms with Crippen LogP contribution in [0, 0.1) is 5.41 Å². The molecule has 1 heterocycles. The fourth-order valence-electron chi connectivity index (χ4n) is 2.76. The lowest BCUT2D eigenvalue weighted by atomic mass is 9.82. The molecule has 2 N–H and O–H groups in total. The Morgan fingerprint density at radius 1 is 1.18 bits per heavy atom. The van der Waals surface area contributed by atoms with Gasteiger partial charge in [-0.3, -0.25) is 9.59 Å². The molecule has 0 aliphatic rings. The molecular formula is C17H28N2O2S. The van der Waals surface area contributed by atoms with Crippen LogP contribution in [0.1, 0.15) is 64.2 Å². The van der Waals surface area contributed by atoms with Crippen LogP contribution >= 0.6 is 11.3 Å². The van der Waals surface area contributed by atoms with Crippen molar-refractivity contribution in [1.82, 2.24) is 10.6 Å². The molecule has 0 unspecified atom stereocenters. The Labute approximate surface area is 137 Å². The molecule has 0 saturated carbocycles.